The number of rotatable bonds is 3. The standard InChI is InChI=1S/C42H36N4S/c1-25-23-33-29-21-20-27(42(3,4)5)24-36(29)45(28-13-7-6-8-14-28)38(33)26(2)37(25)46-35-19-10-9-18-34(35)44-40(46)32-16-11-15-30-31-17-12-22-43-41(31)47-39(30)32/h6-24,40,44H,1-5H3. The predicted molar refractivity (Wildman–Crippen MR) is 201 cm³/mol. The summed E-state index contributed by atoms with van der Waals surface area (Å²) in [7, 11) is 0. The molecule has 230 valence electrons. The minimum Gasteiger partial charge on any atom is -0.359 e. The third kappa shape index (κ3) is 4.16. The molecule has 0 saturated heterocycles. The summed E-state index contributed by atoms with van der Waals surface area (Å²) in [6.07, 6.45) is 1.81. The predicted octanol–water partition coefficient (Wildman–Crippen LogP) is 11.7. The quantitative estimate of drug-likeness (QED) is 0.211. The molecule has 4 heterocycles. The van der Waals surface area contributed by atoms with Crippen molar-refractivity contribution in [2.24, 2.45) is 0 Å². The fourth-order valence-corrected chi connectivity index (χ4v) is 8.88. The molecule has 0 spiro atoms. The summed E-state index contributed by atoms with van der Waals surface area (Å²) in [5, 5.41) is 8.99. The molecular formula is C42H36N4S. The Morgan fingerprint density at radius 2 is 1.53 bits per heavy atom. The van der Waals surface area contributed by atoms with Crippen molar-refractivity contribution < 1.29 is 0 Å². The van der Waals surface area contributed by atoms with Gasteiger partial charge in [0.15, 0.2) is 0 Å². The number of hydrogen-bond donors (Lipinski definition) is 1. The molecule has 5 heteroatoms. The average Bonchev–Trinajstić information content (AvgIpc) is 3.75. The van der Waals surface area contributed by atoms with E-state index in [1.807, 2.05) is 12.3 Å². The highest BCUT2D eigenvalue weighted by Gasteiger charge is 2.35. The molecule has 5 aromatic carbocycles. The molecule has 3 aromatic heterocycles. The SMILES string of the molecule is Cc1cc2c3ccc(C(C)(C)C)cc3n(-c3ccccc3)c2c(C)c1N1c2ccccc2NC1c1cccc2c1sc1ncccc12. The second-order valence-electron chi connectivity index (χ2n) is 13.8. The molecule has 1 N–H and O–H groups in total. The number of thiophene rings is 1. The molecule has 1 aliphatic rings. The molecule has 1 atom stereocenters. The molecular weight excluding hydrogens is 593 g/mol. The third-order valence-corrected chi connectivity index (χ3v) is 11.1. The number of nitrogens with zero attached hydrogens (tertiary/aromatic N) is 3. The zero-order chi connectivity index (χ0) is 32.0. The first-order valence-corrected chi connectivity index (χ1v) is 17.2. The first-order chi connectivity index (χ1) is 22.8. The van der Waals surface area contributed by atoms with E-state index in [0.29, 0.717) is 0 Å². The Morgan fingerprint density at radius 3 is 2.36 bits per heavy atom. The molecule has 47 heavy (non-hydrogen) atoms. The van der Waals surface area contributed by atoms with Crippen LogP contribution in [0.25, 0.3) is 47.8 Å². The topological polar surface area (TPSA) is 33.1 Å². The van der Waals surface area contributed by atoms with Gasteiger partial charge in [0, 0.05) is 43.7 Å². The first kappa shape index (κ1) is 28.1. The molecule has 8 aromatic rings. The summed E-state index contributed by atoms with van der Waals surface area (Å²) in [5.41, 5.74) is 12.4. The van der Waals surface area contributed by atoms with Gasteiger partial charge in [-0.05, 0) is 84.5 Å². The molecule has 0 fully saturated rings. The second kappa shape index (κ2) is 10.2. The number of nitrogens with one attached hydrogen (secondary N) is 1. The minimum atomic E-state index is -0.0824. The number of pyridine rings is 1. The van der Waals surface area contributed by atoms with Gasteiger partial charge in [0.1, 0.15) is 11.0 Å². The van der Waals surface area contributed by atoms with E-state index >= 15 is 0 Å². The van der Waals surface area contributed by atoms with Crippen LogP contribution in [0.1, 0.15) is 49.2 Å². The normalized spacial score (nSPS) is 14.8. The zero-order valence-corrected chi connectivity index (χ0v) is 28.1. The summed E-state index contributed by atoms with van der Waals surface area (Å²) in [4.78, 5) is 8.35. The van der Waals surface area contributed by atoms with Gasteiger partial charge in [-0.3, -0.25) is 0 Å². The highest BCUT2D eigenvalue weighted by atomic mass is 32.1. The largest absolute Gasteiger partial charge is 0.359 e. The smallest absolute Gasteiger partial charge is 0.132 e. The molecule has 1 unspecified atom stereocenters. The molecule has 0 saturated carbocycles. The lowest BCUT2D eigenvalue weighted by atomic mass is 9.86. The molecule has 0 bridgehead atoms. The van der Waals surface area contributed by atoms with Crippen molar-refractivity contribution in [2.75, 3.05) is 10.2 Å². The summed E-state index contributed by atoms with van der Waals surface area (Å²) in [6.45, 7) is 11.5. The van der Waals surface area contributed by atoms with Crippen molar-refractivity contribution in [1.82, 2.24) is 9.55 Å². The maximum absolute atomic E-state index is 4.73. The molecule has 0 aliphatic carbocycles. The fourth-order valence-electron chi connectivity index (χ4n) is 7.70. The number of para-hydroxylation sites is 3. The van der Waals surface area contributed by atoms with Crippen LogP contribution >= 0.6 is 11.3 Å². The van der Waals surface area contributed by atoms with Crippen molar-refractivity contribution >= 4 is 70.5 Å². The number of benzene rings is 5. The molecule has 1 aliphatic heterocycles. The number of anilines is 3. The van der Waals surface area contributed by atoms with E-state index in [4.69, 9.17) is 4.98 Å². The van der Waals surface area contributed by atoms with Crippen molar-refractivity contribution in [2.45, 2.75) is 46.2 Å². The average molecular weight is 629 g/mol. The van der Waals surface area contributed by atoms with Crippen LogP contribution in [0.3, 0.4) is 0 Å². The molecule has 4 nitrogen and oxygen atoms in total. The lowest BCUT2D eigenvalue weighted by Crippen LogP contribution is -2.25. The second-order valence-corrected chi connectivity index (χ2v) is 14.8. The van der Waals surface area contributed by atoms with Crippen LogP contribution in [-0.4, -0.2) is 9.55 Å². The Morgan fingerprint density at radius 1 is 0.745 bits per heavy atom. The van der Waals surface area contributed by atoms with Crippen molar-refractivity contribution in [3.8, 4) is 5.69 Å². The summed E-state index contributed by atoms with van der Waals surface area (Å²) < 4.78 is 3.77. The Balaban J connectivity index is 1.35. The number of aromatic nitrogens is 2. The lowest BCUT2D eigenvalue weighted by Gasteiger charge is -2.31. The Bertz CT molecular complexity index is 2520. The minimum absolute atomic E-state index is 0.0452. The van der Waals surface area contributed by atoms with Gasteiger partial charge in [-0.15, -0.1) is 11.3 Å². The molecule has 9 rings (SSSR count). The number of fused-ring (bicyclic) bond motifs is 7. The third-order valence-electron chi connectivity index (χ3n) is 9.89. The van der Waals surface area contributed by atoms with Crippen LogP contribution in [0.5, 0.6) is 0 Å². The van der Waals surface area contributed by atoms with Crippen LogP contribution in [0, 0.1) is 13.8 Å². The van der Waals surface area contributed by atoms with E-state index < -0.39 is 0 Å². The summed E-state index contributed by atoms with van der Waals surface area (Å²) in [5.74, 6) is 0. The Hall–Kier alpha value is -5.13. The maximum atomic E-state index is 4.73. The van der Waals surface area contributed by atoms with Gasteiger partial charge in [-0.25, -0.2) is 4.98 Å². The molecule has 0 radical (unpaired) electrons. The van der Waals surface area contributed by atoms with E-state index in [9.17, 15) is 0 Å². The van der Waals surface area contributed by atoms with Crippen LogP contribution in [-0.2, 0) is 5.41 Å². The lowest BCUT2D eigenvalue weighted by molar-refractivity contribution is 0.591. The first-order valence-electron chi connectivity index (χ1n) is 16.3. The highest BCUT2D eigenvalue weighted by Crippen LogP contribution is 2.52. The van der Waals surface area contributed by atoms with Crippen molar-refractivity contribution in [3.05, 3.63) is 138 Å². The van der Waals surface area contributed by atoms with Gasteiger partial charge in [-0.2, -0.15) is 0 Å². The van der Waals surface area contributed by atoms with Crippen LogP contribution in [0.4, 0.5) is 17.1 Å². The van der Waals surface area contributed by atoms with Crippen LogP contribution < -0.4 is 10.2 Å². The number of aryl methyl sites for hydroxylation is 2. The van der Waals surface area contributed by atoms with E-state index in [1.165, 1.54) is 76.6 Å². The van der Waals surface area contributed by atoms with Crippen molar-refractivity contribution in [1.29, 1.82) is 0 Å². The van der Waals surface area contributed by atoms with E-state index in [1.54, 1.807) is 11.3 Å². The number of hydrogen-bond acceptors (Lipinski definition) is 4. The fraction of sp³-hybridized carbons (Fsp3) is 0.167. The van der Waals surface area contributed by atoms with Gasteiger partial charge < -0.3 is 14.8 Å². The van der Waals surface area contributed by atoms with Gasteiger partial charge >= 0.3 is 0 Å². The summed E-state index contributed by atoms with van der Waals surface area (Å²) in [6, 6.07) is 40.0. The van der Waals surface area contributed by atoms with Crippen molar-refractivity contribution in [3.63, 3.8) is 0 Å². The van der Waals surface area contributed by atoms with Gasteiger partial charge in [0.05, 0.1) is 28.1 Å². The van der Waals surface area contributed by atoms with E-state index in [0.717, 1.165) is 10.5 Å². The zero-order valence-electron chi connectivity index (χ0n) is 27.3. The van der Waals surface area contributed by atoms with Gasteiger partial charge in [0.2, 0.25) is 0 Å². The van der Waals surface area contributed by atoms with Gasteiger partial charge in [0.25, 0.3) is 0 Å². The van der Waals surface area contributed by atoms with Crippen LogP contribution in [0.15, 0.2) is 115 Å². The monoisotopic (exact) mass is 628 g/mol. The van der Waals surface area contributed by atoms with Crippen LogP contribution in [0.2, 0.25) is 0 Å². The maximum Gasteiger partial charge on any atom is 0.132 e. The highest BCUT2D eigenvalue weighted by molar-refractivity contribution is 7.25. The van der Waals surface area contributed by atoms with Gasteiger partial charge in [-0.1, -0.05) is 81.4 Å². The Kier molecular flexibility index (Phi) is 6.09. The van der Waals surface area contributed by atoms with E-state index in [-0.39, 0.29) is 11.6 Å². The van der Waals surface area contributed by atoms with E-state index in [2.05, 4.69) is 153 Å². The Labute approximate surface area is 278 Å². The summed E-state index contributed by atoms with van der Waals surface area (Å²) >= 11 is 1.79. The molecule has 0 amide bonds.